The highest BCUT2D eigenvalue weighted by Crippen LogP contribution is 2.33. The van der Waals surface area contributed by atoms with E-state index in [-0.39, 0.29) is 25.0 Å². The molecule has 0 aromatic heterocycles. The van der Waals surface area contributed by atoms with Gasteiger partial charge < -0.3 is 24.8 Å². The fourth-order valence-electron chi connectivity index (χ4n) is 6.25. The molecule has 0 heterocycles. The summed E-state index contributed by atoms with van der Waals surface area (Å²) in [5.74, 6) is 0.281. The second-order valence-corrected chi connectivity index (χ2v) is 12.9. The molecule has 3 N–H and O–H groups in total. The van der Waals surface area contributed by atoms with Crippen LogP contribution < -0.4 is 15.4 Å². The number of hydrogen-bond acceptors (Lipinski definition) is 6. The van der Waals surface area contributed by atoms with Gasteiger partial charge in [0.15, 0.2) is 0 Å². The van der Waals surface area contributed by atoms with Crippen LogP contribution in [0.3, 0.4) is 0 Å². The normalized spacial score (nSPS) is 16.1. The summed E-state index contributed by atoms with van der Waals surface area (Å²) in [5.41, 5.74) is 4.58. The van der Waals surface area contributed by atoms with Crippen LogP contribution in [0.25, 0.3) is 11.1 Å². The molecule has 0 atom stereocenters. The number of aliphatic hydroxyl groups is 1. The number of carbonyl (C=O) groups excluding carboxylic acids is 2. The lowest BCUT2D eigenvalue weighted by Crippen LogP contribution is -2.38. The average molecular weight is 664 g/mol. The molecule has 3 aromatic carbocycles. The summed E-state index contributed by atoms with van der Waals surface area (Å²) >= 11 is 6.31. The Balaban J connectivity index is 1.33. The zero-order valence-corrected chi connectivity index (χ0v) is 28.8. The monoisotopic (exact) mass is 663 g/mol. The van der Waals surface area contributed by atoms with Gasteiger partial charge in [-0.3, -0.25) is 10.1 Å². The van der Waals surface area contributed by atoms with E-state index >= 15 is 0 Å². The Kier molecular flexibility index (Phi) is 14.4. The highest BCUT2D eigenvalue weighted by Gasteiger charge is 2.26. The molecule has 0 saturated heterocycles. The number of aryl methyl sites for hydroxylation is 1. The molecule has 1 aliphatic carbocycles. The van der Waals surface area contributed by atoms with Gasteiger partial charge in [-0.1, -0.05) is 80.3 Å². The van der Waals surface area contributed by atoms with Gasteiger partial charge in [0, 0.05) is 29.7 Å². The van der Waals surface area contributed by atoms with Crippen molar-refractivity contribution in [3.63, 3.8) is 0 Å². The van der Waals surface area contributed by atoms with Crippen LogP contribution in [-0.2, 0) is 22.6 Å². The van der Waals surface area contributed by atoms with Crippen molar-refractivity contribution in [1.29, 1.82) is 0 Å². The molecular formula is C38H50ClN3O5. The molecule has 4 rings (SSSR count). The predicted octanol–water partition coefficient (Wildman–Crippen LogP) is 8.84. The number of nitrogens with zero attached hydrogens (tertiary/aromatic N) is 1. The Morgan fingerprint density at radius 2 is 1.70 bits per heavy atom. The van der Waals surface area contributed by atoms with Crippen molar-refractivity contribution in [3.05, 3.63) is 76.8 Å². The van der Waals surface area contributed by atoms with Gasteiger partial charge >= 0.3 is 6.09 Å². The number of hydrogen-bond donors (Lipinski definition) is 3. The second-order valence-electron chi connectivity index (χ2n) is 12.5. The van der Waals surface area contributed by atoms with E-state index in [9.17, 15) is 14.7 Å². The lowest BCUT2D eigenvalue weighted by molar-refractivity contribution is -0.116. The summed E-state index contributed by atoms with van der Waals surface area (Å²) < 4.78 is 11.2. The molecule has 1 fully saturated rings. The van der Waals surface area contributed by atoms with E-state index in [1.165, 1.54) is 32.8 Å². The molecule has 0 unspecified atom stereocenters. The van der Waals surface area contributed by atoms with Crippen LogP contribution in [0.15, 0.2) is 60.7 Å². The molecule has 9 heteroatoms. The molecule has 0 spiro atoms. The third kappa shape index (κ3) is 11.0. The standard InChI is InChI=1S/C38H50ClN3O5/c1-4-5-6-10-22-42(2)30-17-19-31(20-18-30)47-38(45)41-34-23-27(16-21-32(34)28-13-8-7-9-14-28)12-11-15-37(44)40-35-25-36(46-3)29(26-43)24-33(35)39/h7-9,13-14,16,21,23-25,30-31,43H,4-6,10-12,15,17-20,22,26H2,1-3H3,(H,40,44)(H,41,45). The summed E-state index contributed by atoms with van der Waals surface area (Å²) in [6, 6.07) is 19.7. The molecular weight excluding hydrogens is 614 g/mol. The average Bonchev–Trinajstić information content (AvgIpc) is 3.08. The number of halogens is 1. The highest BCUT2D eigenvalue weighted by atomic mass is 35.5. The fourth-order valence-corrected chi connectivity index (χ4v) is 6.49. The number of anilines is 2. The van der Waals surface area contributed by atoms with E-state index in [2.05, 4.69) is 29.5 Å². The minimum atomic E-state index is -0.436. The van der Waals surface area contributed by atoms with E-state index in [0.29, 0.717) is 46.6 Å². The first-order valence-electron chi connectivity index (χ1n) is 16.9. The first-order chi connectivity index (χ1) is 22.8. The Morgan fingerprint density at radius 3 is 2.40 bits per heavy atom. The maximum absolute atomic E-state index is 13.2. The van der Waals surface area contributed by atoms with E-state index in [1.807, 2.05) is 48.5 Å². The van der Waals surface area contributed by atoms with Crippen molar-refractivity contribution in [1.82, 2.24) is 4.90 Å². The Labute approximate surface area is 284 Å². The van der Waals surface area contributed by atoms with Gasteiger partial charge in [-0.05, 0) is 81.8 Å². The molecule has 1 aliphatic rings. The summed E-state index contributed by atoms with van der Waals surface area (Å²) in [7, 11) is 3.72. The van der Waals surface area contributed by atoms with E-state index in [4.69, 9.17) is 21.1 Å². The van der Waals surface area contributed by atoms with Gasteiger partial charge in [-0.2, -0.15) is 0 Å². The van der Waals surface area contributed by atoms with Crippen molar-refractivity contribution in [2.45, 2.75) is 96.3 Å². The van der Waals surface area contributed by atoms with Crippen LogP contribution in [0.5, 0.6) is 5.75 Å². The quantitative estimate of drug-likeness (QED) is 0.132. The maximum Gasteiger partial charge on any atom is 0.411 e. The van der Waals surface area contributed by atoms with Crippen LogP contribution in [0, 0.1) is 0 Å². The molecule has 0 aliphatic heterocycles. The lowest BCUT2D eigenvalue weighted by Gasteiger charge is -2.34. The Hall–Kier alpha value is -3.59. The SMILES string of the molecule is CCCCCCN(C)C1CCC(OC(=O)Nc2cc(CCCC(=O)Nc3cc(OC)c(CO)cc3Cl)ccc2-c2ccccc2)CC1. The number of aliphatic hydroxyl groups excluding tert-OH is 1. The number of amides is 2. The smallest absolute Gasteiger partial charge is 0.411 e. The first-order valence-corrected chi connectivity index (χ1v) is 17.3. The number of carbonyl (C=O) groups is 2. The number of ether oxygens (including phenoxy) is 2. The topological polar surface area (TPSA) is 100 Å². The van der Waals surface area contributed by atoms with Crippen molar-refractivity contribution in [2.24, 2.45) is 0 Å². The van der Waals surface area contributed by atoms with Gasteiger partial charge in [0.2, 0.25) is 5.91 Å². The minimum absolute atomic E-state index is 0.0880. The number of nitrogens with one attached hydrogen (secondary N) is 2. The molecule has 3 aromatic rings. The molecule has 0 radical (unpaired) electrons. The molecule has 47 heavy (non-hydrogen) atoms. The van der Waals surface area contributed by atoms with Gasteiger partial charge in [-0.25, -0.2) is 4.79 Å². The number of rotatable bonds is 16. The van der Waals surface area contributed by atoms with Gasteiger partial charge in [0.1, 0.15) is 11.9 Å². The maximum atomic E-state index is 13.2. The second kappa shape index (κ2) is 18.7. The van der Waals surface area contributed by atoms with E-state index in [1.54, 1.807) is 12.1 Å². The molecule has 0 bridgehead atoms. The van der Waals surface area contributed by atoms with Gasteiger partial charge in [0.25, 0.3) is 0 Å². The van der Waals surface area contributed by atoms with Gasteiger partial charge in [-0.15, -0.1) is 0 Å². The van der Waals surface area contributed by atoms with E-state index in [0.717, 1.165) is 48.9 Å². The Morgan fingerprint density at radius 1 is 0.936 bits per heavy atom. The van der Waals surface area contributed by atoms with Crippen LogP contribution in [0.1, 0.15) is 82.3 Å². The zero-order valence-electron chi connectivity index (χ0n) is 28.0. The lowest BCUT2D eigenvalue weighted by atomic mass is 9.92. The Bertz CT molecular complexity index is 1440. The number of methoxy groups -OCH3 is 1. The zero-order chi connectivity index (χ0) is 33.6. The van der Waals surface area contributed by atoms with Crippen LogP contribution in [0.2, 0.25) is 5.02 Å². The highest BCUT2D eigenvalue weighted by molar-refractivity contribution is 6.33. The van der Waals surface area contributed by atoms with Gasteiger partial charge in [0.05, 0.1) is 30.1 Å². The first kappa shape index (κ1) is 36.2. The van der Waals surface area contributed by atoms with Crippen LogP contribution >= 0.6 is 11.6 Å². The molecule has 2 amide bonds. The van der Waals surface area contributed by atoms with E-state index < -0.39 is 6.09 Å². The third-order valence-corrected chi connectivity index (χ3v) is 9.31. The van der Waals surface area contributed by atoms with Crippen molar-refractivity contribution in [3.8, 4) is 16.9 Å². The predicted molar refractivity (Wildman–Crippen MR) is 190 cm³/mol. The van der Waals surface area contributed by atoms with Crippen LogP contribution in [0.4, 0.5) is 16.2 Å². The van der Waals surface area contributed by atoms with Crippen molar-refractivity contribution in [2.75, 3.05) is 31.3 Å². The van der Waals surface area contributed by atoms with Crippen molar-refractivity contribution >= 4 is 35.0 Å². The number of benzene rings is 3. The summed E-state index contributed by atoms with van der Waals surface area (Å²) in [4.78, 5) is 28.4. The van der Waals surface area contributed by atoms with Crippen LogP contribution in [-0.4, -0.2) is 54.9 Å². The summed E-state index contributed by atoms with van der Waals surface area (Å²) in [6.07, 6.45) is 9.88. The molecule has 1 saturated carbocycles. The minimum Gasteiger partial charge on any atom is -0.496 e. The molecule has 254 valence electrons. The third-order valence-electron chi connectivity index (χ3n) is 8.99. The molecule has 8 nitrogen and oxygen atoms in total. The number of unbranched alkanes of at least 4 members (excludes halogenated alkanes) is 3. The van der Waals surface area contributed by atoms with Crippen molar-refractivity contribution < 1.29 is 24.2 Å². The summed E-state index contributed by atoms with van der Waals surface area (Å²) in [6.45, 7) is 3.15. The fraction of sp³-hybridized carbons (Fsp3) is 0.474. The largest absolute Gasteiger partial charge is 0.496 e. The summed E-state index contributed by atoms with van der Waals surface area (Å²) in [5, 5.41) is 15.7.